The first kappa shape index (κ1) is 16.4. The van der Waals surface area contributed by atoms with Gasteiger partial charge in [0, 0.05) is 12.5 Å². The van der Waals surface area contributed by atoms with E-state index in [9.17, 15) is 9.59 Å². The molecule has 2 atom stereocenters. The molecule has 4 rings (SSSR count). The summed E-state index contributed by atoms with van der Waals surface area (Å²) in [5.74, 6) is 0.645. The summed E-state index contributed by atoms with van der Waals surface area (Å²) >= 11 is 0. The molecule has 1 heterocycles. The lowest BCUT2D eigenvalue weighted by Crippen LogP contribution is -2.25. The summed E-state index contributed by atoms with van der Waals surface area (Å²) in [5, 5.41) is 11.9. The van der Waals surface area contributed by atoms with Gasteiger partial charge in [0.05, 0.1) is 5.56 Å². The summed E-state index contributed by atoms with van der Waals surface area (Å²) in [6.07, 6.45) is 0.806. The number of carboxylic acids is 1. The van der Waals surface area contributed by atoms with Crippen LogP contribution >= 0.6 is 0 Å². The van der Waals surface area contributed by atoms with Crippen molar-refractivity contribution in [2.75, 3.05) is 13.2 Å². The summed E-state index contributed by atoms with van der Waals surface area (Å²) in [4.78, 5) is 23.4. The fourth-order valence-electron chi connectivity index (χ4n) is 3.28. The fourth-order valence-corrected chi connectivity index (χ4v) is 3.28. The van der Waals surface area contributed by atoms with Gasteiger partial charge in [-0.2, -0.15) is 0 Å². The van der Waals surface area contributed by atoms with Gasteiger partial charge in [-0.1, -0.05) is 18.2 Å². The van der Waals surface area contributed by atoms with Crippen molar-refractivity contribution in [3.8, 4) is 11.5 Å². The highest BCUT2D eigenvalue weighted by Crippen LogP contribution is 2.49. The van der Waals surface area contributed by atoms with E-state index in [0.29, 0.717) is 19.8 Å². The second-order valence-corrected chi connectivity index (χ2v) is 6.58. The molecule has 6 nitrogen and oxygen atoms in total. The van der Waals surface area contributed by atoms with E-state index in [1.807, 2.05) is 18.2 Å². The van der Waals surface area contributed by atoms with Gasteiger partial charge in [-0.15, -0.1) is 0 Å². The SMILES string of the molecule is O=C(O)c1cccc(CNC(=O)C2CC2c2ccc3c(c2)OCCO3)c1. The van der Waals surface area contributed by atoms with Gasteiger partial charge < -0.3 is 19.9 Å². The van der Waals surface area contributed by atoms with Crippen LogP contribution in [0, 0.1) is 5.92 Å². The molecule has 0 spiro atoms. The predicted octanol–water partition coefficient (Wildman–Crippen LogP) is 2.58. The number of carboxylic acid groups (broad SMARTS) is 1. The van der Waals surface area contributed by atoms with Crippen LogP contribution in [0.15, 0.2) is 42.5 Å². The minimum atomic E-state index is -0.973. The van der Waals surface area contributed by atoms with Gasteiger partial charge in [0.15, 0.2) is 11.5 Å². The number of carbonyl (C=O) groups excluding carboxylic acids is 1. The van der Waals surface area contributed by atoms with Crippen molar-refractivity contribution in [3.05, 3.63) is 59.2 Å². The molecule has 2 aromatic rings. The summed E-state index contributed by atoms with van der Waals surface area (Å²) in [6.45, 7) is 1.43. The van der Waals surface area contributed by atoms with Crippen molar-refractivity contribution < 1.29 is 24.2 Å². The standard InChI is InChI=1S/C20H19NO5/c22-19(21-11-12-2-1-3-14(8-12)20(23)24)16-10-15(16)13-4-5-17-18(9-13)26-7-6-25-17/h1-5,8-9,15-16H,6-7,10-11H2,(H,21,22)(H,23,24). The highest BCUT2D eigenvalue weighted by atomic mass is 16.6. The van der Waals surface area contributed by atoms with E-state index >= 15 is 0 Å². The van der Waals surface area contributed by atoms with Gasteiger partial charge in [0.25, 0.3) is 0 Å². The molecule has 1 amide bonds. The van der Waals surface area contributed by atoms with E-state index in [2.05, 4.69) is 5.32 Å². The van der Waals surface area contributed by atoms with Crippen LogP contribution in [0.2, 0.25) is 0 Å². The Morgan fingerprint density at radius 3 is 2.69 bits per heavy atom. The van der Waals surface area contributed by atoms with Crippen LogP contribution in [0.3, 0.4) is 0 Å². The molecule has 1 aliphatic carbocycles. The van der Waals surface area contributed by atoms with Crippen LogP contribution in [0.25, 0.3) is 0 Å². The zero-order chi connectivity index (χ0) is 18.1. The maximum atomic E-state index is 12.4. The Morgan fingerprint density at radius 2 is 1.88 bits per heavy atom. The van der Waals surface area contributed by atoms with Crippen molar-refractivity contribution in [1.29, 1.82) is 0 Å². The van der Waals surface area contributed by atoms with Crippen LogP contribution in [-0.4, -0.2) is 30.2 Å². The number of aromatic carboxylic acids is 1. The number of benzene rings is 2. The molecular weight excluding hydrogens is 334 g/mol. The molecule has 134 valence electrons. The smallest absolute Gasteiger partial charge is 0.335 e. The van der Waals surface area contributed by atoms with Crippen LogP contribution in [-0.2, 0) is 11.3 Å². The molecule has 2 N–H and O–H groups in total. The van der Waals surface area contributed by atoms with Gasteiger partial charge in [-0.25, -0.2) is 4.79 Å². The van der Waals surface area contributed by atoms with Crippen molar-refractivity contribution in [2.45, 2.75) is 18.9 Å². The maximum absolute atomic E-state index is 12.4. The first-order chi connectivity index (χ1) is 12.6. The normalized spacial score (nSPS) is 20.3. The third-order valence-electron chi connectivity index (χ3n) is 4.76. The summed E-state index contributed by atoms with van der Waals surface area (Å²) < 4.78 is 11.1. The molecule has 1 fully saturated rings. The molecule has 1 saturated carbocycles. The average Bonchev–Trinajstić information content (AvgIpc) is 3.47. The molecule has 1 aliphatic heterocycles. The molecule has 26 heavy (non-hydrogen) atoms. The third kappa shape index (κ3) is 3.35. The largest absolute Gasteiger partial charge is 0.486 e. The Labute approximate surface area is 150 Å². The molecule has 0 aromatic heterocycles. The number of nitrogens with one attached hydrogen (secondary N) is 1. The van der Waals surface area contributed by atoms with E-state index in [1.165, 1.54) is 6.07 Å². The van der Waals surface area contributed by atoms with Gasteiger partial charge in [-0.3, -0.25) is 4.79 Å². The number of hydrogen-bond donors (Lipinski definition) is 2. The highest BCUT2D eigenvalue weighted by molar-refractivity contribution is 5.87. The van der Waals surface area contributed by atoms with Crippen LogP contribution in [0.1, 0.15) is 33.8 Å². The predicted molar refractivity (Wildman–Crippen MR) is 93.5 cm³/mol. The Bertz CT molecular complexity index is 863. The summed E-state index contributed by atoms with van der Waals surface area (Å²) in [6, 6.07) is 12.4. The quantitative estimate of drug-likeness (QED) is 0.863. The Morgan fingerprint density at radius 1 is 1.08 bits per heavy atom. The first-order valence-electron chi connectivity index (χ1n) is 8.61. The first-order valence-corrected chi connectivity index (χ1v) is 8.61. The lowest BCUT2D eigenvalue weighted by molar-refractivity contribution is -0.122. The van der Waals surface area contributed by atoms with Gasteiger partial charge in [0.2, 0.25) is 5.91 Å². The van der Waals surface area contributed by atoms with E-state index < -0.39 is 5.97 Å². The molecule has 0 saturated heterocycles. The number of hydrogen-bond acceptors (Lipinski definition) is 4. The monoisotopic (exact) mass is 353 g/mol. The highest BCUT2D eigenvalue weighted by Gasteiger charge is 2.44. The van der Waals surface area contributed by atoms with Gasteiger partial charge in [0.1, 0.15) is 13.2 Å². The van der Waals surface area contributed by atoms with E-state index in [-0.39, 0.29) is 23.3 Å². The van der Waals surface area contributed by atoms with Crippen molar-refractivity contribution in [1.82, 2.24) is 5.32 Å². The zero-order valence-electron chi connectivity index (χ0n) is 14.1. The Kier molecular flexibility index (Phi) is 4.24. The van der Waals surface area contributed by atoms with E-state index in [4.69, 9.17) is 14.6 Å². The van der Waals surface area contributed by atoms with Gasteiger partial charge >= 0.3 is 5.97 Å². The minimum absolute atomic E-state index is 0.00869. The molecule has 2 unspecified atom stereocenters. The van der Waals surface area contributed by atoms with E-state index in [0.717, 1.165) is 29.0 Å². The molecular formula is C20H19NO5. The van der Waals surface area contributed by atoms with Crippen molar-refractivity contribution in [3.63, 3.8) is 0 Å². The topological polar surface area (TPSA) is 84.9 Å². The second-order valence-electron chi connectivity index (χ2n) is 6.58. The van der Waals surface area contributed by atoms with Crippen LogP contribution in [0.4, 0.5) is 0 Å². The average molecular weight is 353 g/mol. The minimum Gasteiger partial charge on any atom is -0.486 e. The number of fused-ring (bicyclic) bond motifs is 1. The molecule has 6 heteroatoms. The lowest BCUT2D eigenvalue weighted by Gasteiger charge is -2.18. The molecule has 2 aromatic carbocycles. The number of carbonyl (C=O) groups is 2. The van der Waals surface area contributed by atoms with E-state index in [1.54, 1.807) is 18.2 Å². The van der Waals surface area contributed by atoms with Crippen molar-refractivity contribution >= 4 is 11.9 Å². The Hall–Kier alpha value is -3.02. The molecule has 0 bridgehead atoms. The van der Waals surface area contributed by atoms with Crippen LogP contribution < -0.4 is 14.8 Å². The number of amides is 1. The summed E-state index contributed by atoms with van der Waals surface area (Å²) in [5.41, 5.74) is 2.08. The molecule has 2 aliphatic rings. The number of ether oxygens (including phenoxy) is 2. The number of rotatable bonds is 5. The van der Waals surface area contributed by atoms with Crippen molar-refractivity contribution in [2.24, 2.45) is 5.92 Å². The second kappa shape index (κ2) is 6.71. The van der Waals surface area contributed by atoms with Gasteiger partial charge in [-0.05, 0) is 47.7 Å². The molecule has 0 radical (unpaired) electrons. The maximum Gasteiger partial charge on any atom is 0.335 e. The van der Waals surface area contributed by atoms with Crippen LogP contribution in [0.5, 0.6) is 11.5 Å². The fraction of sp³-hybridized carbons (Fsp3) is 0.300. The lowest BCUT2D eigenvalue weighted by atomic mass is 10.1. The summed E-state index contributed by atoms with van der Waals surface area (Å²) in [7, 11) is 0. The Balaban J connectivity index is 1.36. The third-order valence-corrected chi connectivity index (χ3v) is 4.76. The zero-order valence-corrected chi connectivity index (χ0v) is 14.1.